The molecule has 5 N–H and O–H groups in total. The van der Waals surface area contributed by atoms with Crippen molar-refractivity contribution in [1.29, 1.82) is 0 Å². The molecule has 0 aliphatic carbocycles. The fraction of sp³-hybridized carbons (Fsp3) is 0.381. The van der Waals surface area contributed by atoms with Crippen LogP contribution in [0, 0.1) is 5.92 Å². The summed E-state index contributed by atoms with van der Waals surface area (Å²) in [6.45, 7) is 5.32. The molecule has 152 valence electrons. The van der Waals surface area contributed by atoms with E-state index < -0.39 is 18.2 Å². The summed E-state index contributed by atoms with van der Waals surface area (Å²) in [5.41, 5.74) is 7.43. The van der Waals surface area contributed by atoms with Crippen molar-refractivity contribution in [3.63, 3.8) is 0 Å². The van der Waals surface area contributed by atoms with Crippen molar-refractivity contribution in [2.24, 2.45) is 5.92 Å². The van der Waals surface area contributed by atoms with Gasteiger partial charge in [0, 0.05) is 23.7 Å². The van der Waals surface area contributed by atoms with Gasteiger partial charge in [0.2, 0.25) is 0 Å². The molecule has 0 bridgehead atoms. The summed E-state index contributed by atoms with van der Waals surface area (Å²) in [5, 5.41) is 22.5. The molecule has 2 rings (SSSR count). The quantitative estimate of drug-likeness (QED) is 0.358. The van der Waals surface area contributed by atoms with E-state index in [9.17, 15) is 15.0 Å². The zero-order valence-electron chi connectivity index (χ0n) is 16.3. The van der Waals surface area contributed by atoms with E-state index in [1.54, 1.807) is 0 Å². The summed E-state index contributed by atoms with van der Waals surface area (Å²) in [5.74, 6) is 0.397. The molecule has 0 saturated carbocycles. The Hall–Kier alpha value is -2.22. The minimum absolute atomic E-state index is 0.338. The van der Waals surface area contributed by atoms with Gasteiger partial charge < -0.3 is 21.3 Å². The van der Waals surface area contributed by atoms with Crippen molar-refractivity contribution in [1.82, 2.24) is 9.62 Å². The first kappa shape index (κ1) is 22.1. The minimum atomic E-state index is -1.14. The van der Waals surface area contributed by atoms with E-state index in [0.29, 0.717) is 24.6 Å². The first-order chi connectivity index (χ1) is 13.3. The van der Waals surface area contributed by atoms with Crippen molar-refractivity contribution in [2.75, 3.05) is 18.8 Å². The summed E-state index contributed by atoms with van der Waals surface area (Å²) < 4.78 is 2.07. The molecule has 0 radical (unpaired) electrons. The van der Waals surface area contributed by atoms with Crippen LogP contribution in [0.5, 0.6) is 0 Å². The van der Waals surface area contributed by atoms with Crippen molar-refractivity contribution < 1.29 is 15.0 Å². The number of benzene rings is 2. The topological polar surface area (TPSA) is 98.8 Å². The van der Waals surface area contributed by atoms with E-state index >= 15 is 0 Å². The number of nitrogens with zero attached hydrogens (tertiary/aromatic N) is 1. The largest absolute Gasteiger partial charge is 0.465 e. The Labute approximate surface area is 170 Å². The lowest BCUT2D eigenvalue weighted by molar-refractivity contribution is 0.101. The smallest absolute Gasteiger partial charge is 0.404 e. The first-order valence-corrected chi connectivity index (χ1v) is 10.1. The molecule has 0 heterocycles. The van der Waals surface area contributed by atoms with E-state index in [4.69, 9.17) is 5.73 Å². The number of nitrogens with two attached hydrogens (primary N) is 1. The zero-order valence-corrected chi connectivity index (χ0v) is 17.1. The number of carboxylic acid groups (broad SMARTS) is 1. The molecule has 1 amide bonds. The average molecular weight is 404 g/mol. The lowest BCUT2D eigenvalue weighted by Gasteiger charge is -2.30. The molecule has 0 aliphatic heterocycles. The molecule has 2 aromatic rings. The van der Waals surface area contributed by atoms with Crippen molar-refractivity contribution in [3.05, 3.63) is 60.2 Å². The fourth-order valence-electron chi connectivity index (χ4n) is 2.88. The van der Waals surface area contributed by atoms with Crippen LogP contribution >= 0.6 is 11.9 Å². The number of anilines is 1. The van der Waals surface area contributed by atoms with Gasteiger partial charge in [-0.15, -0.1) is 0 Å². The maximum absolute atomic E-state index is 11.2. The molecule has 28 heavy (non-hydrogen) atoms. The Morgan fingerprint density at radius 3 is 2.32 bits per heavy atom. The highest BCUT2D eigenvalue weighted by Crippen LogP contribution is 2.25. The third-order valence-corrected chi connectivity index (χ3v) is 5.19. The van der Waals surface area contributed by atoms with Crippen LogP contribution in [0.15, 0.2) is 59.5 Å². The molecule has 0 aliphatic rings. The highest BCUT2D eigenvalue weighted by molar-refractivity contribution is 7.97. The van der Waals surface area contributed by atoms with E-state index in [2.05, 4.69) is 23.5 Å². The lowest BCUT2D eigenvalue weighted by Crippen LogP contribution is -2.48. The second-order valence-electron chi connectivity index (χ2n) is 7.21. The van der Waals surface area contributed by atoms with Gasteiger partial charge in [-0.25, -0.2) is 9.10 Å². The molecule has 6 nitrogen and oxygen atoms in total. The van der Waals surface area contributed by atoms with Gasteiger partial charge in [-0.05, 0) is 54.1 Å². The van der Waals surface area contributed by atoms with Gasteiger partial charge in [0.1, 0.15) is 0 Å². The number of hydrogen-bond acceptors (Lipinski definition) is 5. The maximum Gasteiger partial charge on any atom is 0.404 e. The summed E-state index contributed by atoms with van der Waals surface area (Å²) >= 11 is 1.54. The Bertz CT molecular complexity index is 725. The highest BCUT2D eigenvalue weighted by atomic mass is 32.2. The minimum Gasteiger partial charge on any atom is -0.465 e. The van der Waals surface area contributed by atoms with E-state index in [0.717, 1.165) is 17.0 Å². The summed E-state index contributed by atoms with van der Waals surface area (Å²) in [6.07, 6.45) is -1.56. The predicted octanol–water partition coefficient (Wildman–Crippen LogP) is 3.47. The molecule has 2 atom stereocenters. The maximum atomic E-state index is 11.2. The molecule has 2 unspecified atom stereocenters. The van der Waals surface area contributed by atoms with Crippen molar-refractivity contribution >= 4 is 23.7 Å². The van der Waals surface area contributed by atoms with Crippen molar-refractivity contribution in [3.8, 4) is 0 Å². The number of nitrogens with one attached hydrogen (secondary N) is 1. The molecule has 7 heteroatoms. The SMILES string of the molecule is CC(C)CN(CC(O)C(Cc1ccccc1)NC(=O)O)Sc1ccc(N)cc1. The van der Waals surface area contributed by atoms with Crippen LogP contribution in [0.3, 0.4) is 0 Å². The predicted molar refractivity (Wildman–Crippen MR) is 114 cm³/mol. The number of amides is 1. The highest BCUT2D eigenvalue weighted by Gasteiger charge is 2.25. The number of nitrogen functional groups attached to an aromatic ring is 1. The second-order valence-corrected chi connectivity index (χ2v) is 8.38. The van der Waals surface area contributed by atoms with Gasteiger partial charge in [0.25, 0.3) is 0 Å². The number of carbonyl (C=O) groups is 1. The van der Waals surface area contributed by atoms with Crippen LogP contribution in [0.4, 0.5) is 10.5 Å². The van der Waals surface area contributed by atoms with Gasteiger partial charge in [0.05, 0.1) is 12.1 Å². The molecule has 0 aromatic heterocycles. The number of hydrogen-bond donors (Lipinski definition) is 4. The number of aliphatic hydroxyl groups is 1. The van der Waals surface area contributed by atoms with E-state index in [1.165, 1.54) is 11.9 Å². The molecule has 0 saturated heterocycles. The zero-order chi connectivity index (χ0) is 20.5. The van der Waals surface area contributed by atoms with Crippen molar-refractivity contribution in [2.45, 2.75) is 37.3 Å². The summed E-state index contributed by atoms with van der Waals surface area (Å²) in [4.78, 5) is 12.3. The van der Waals surface area contributed by atoms with Crippen LogP contribution in [0.1, 0.15) is 19.4 Å². The van der Waals surface area contributed by atoms with Crippen LogP contribution in [0.2, 0.25) is 0 Å². The van der Waals surface area contributed by atoms with Gasteiger partial charge in [-0.3, -0.25) is 0 Å². The summed E-state index contributed by atoms with van der Waals surface area (Å²) in [6, 6.07) is 16.6. The third kappa shape index (κ3) is 7.80. The van der Waals surface area contributed by atoms with Gasteiger partial charge in [0.15, 0.2) is 0 Å². The van der Waals surface area contributed by atoms with Gasteiger partial charge in [-0.2, -0.15) is 0 Å². The molecular weight excluding hydrogens is 374 g/mol. The Morgan fingerprint density at radius 2 is 1.75 bits per heavy atom. The normalized spacial score (nSPS) is 13.5. The number of rotatable bonds is 10. The van der Waals surface area contributed by atoms with Crippen LogP contribution in [-0.4, -0.2) is 45.8 Å². The van der Waals surface area contributed by atoms with E-state index in [-0.39, 0.29) is 0 Å². The Kier molecular flexibility index (Phi) is 8.63. The second kappa shape index (κ2) is 10.9. The molecule has 0 fully saturated rings. The van der Waals surface area contributed by atoms with Gasteiger partial charge >= 0.3 is 6.09 Å². The van der Waals surface area contributed by atoms with Crippen LogP contribution in [0.25, 0.3) is 0 Å². The number of aliphatic hydroxyl groups excluding tert-OH is 1. The van der Waals surface area contributed by atoms with E-state index in [1.807, 2.05) is 54.6 Å². The molecular formula is C21H29N3O3S. The standard InChI is InChI=1S/C21H29N3O3S/c1-15(2)13-24(28-18-10-8-17(22)9-11-18)14-20(25)19(23-21(26)27)12-16-6-4-3-5-7-16/h3-11,15,19-20,23,25H,12-14,22H2,1-2H3,(H,26,27). The third-order valence-electron chi connectivity index (χ3n) is 4.15. The average Bonchev–Trinajstić information content (AvgIpc) is 2.63. The van der Waals surface area contributed by atoms with Crippen LogP contribution < -0.4 is 11.1 Å². The fourth-order valence-corrected chi connectivity index (χ4v) is 4.04. The summed E-state index contributed by atoms with van der Waals surface area (Å²) in [7, 11) is 0. The first-order valence-electron chi connectivity index (χ1n) is 9.33. The van der Waals surface area contributed by atoms with Crippen LogP contribution in [-0.2, 0) is 6.42 Å². The monoisotopic (exact) mass is 403 g/mol. The lowest BCUT2D eigenvalue weighted by atomic mass is 10.0. The molecule has 0 spiro atoms. The Morgan fingerprint density at radius 1 is 1.11 bits per heavy atom. The molecule has 2 aromatic carbocycles. The van der Waals surface area contributed by atoms with Gasteiger partial charge in [-0.1, -0.05) is 44.2 Å². The Balaban J connectivity index is 2.09.